The predicted molar refractivity (Wildman–Crippen MR) is 82.7 cm³/mol. The van der Waals surface area contributed by atoms with Gasteiger partial charge in [-0.15, -0.1) is 11.6 Å². The first kappa shape index (κ1) is 19.2. The third kappa shape index (κ3) is 5.42. The van der Waals surface area contributed by atoms with E-state index in [-0.39, 0.29) is 11.8 Å². The molecule has 0 heterocycles. The van der Waals surface area contributed by atoms with Crippen LogP contribution in [0.5, 0.6) is 11.5 Å². The van der Waals surface area contributed by atoms with E-state index in [4.69, 9.17) is 16.3 Å². The molecule has 0 amide bonds. The minimum Gasteiger partial charge on any atom is -0.457 e. The molecule has 0 spiro atoms. The van der Waals surface area contributed by atoms with Crippen molar-refractivity contribution in [2.24, 2.45) is 0 Å². The maximum Gasteiger partial charge on any atom is 0.416 e. The molecule has 0 fully saturated rings. The largest absolute Gasteiger partial charge is 0.457 e. The van der Waals surface area contributed by atoms with Crippen molar-refractivity contribution in [1.29, 1.82) is 0 Å². The second kappa shape index (κ2) is 7.39. The van der Waals surface area contributed by atoms with Crippen molar-refractivity contribution in [1.82, 2.24) is 0 Å². The minimum atomic E-state index is -4.92. The fourth-order valence-electron chi connectivity index (χ4n) is 1.95. The van der Waals surface area contributed by atoms with E-state index in [1.807, 2.05) is 0 Å². The van der Waals surface area contributed by atoms with Crippen LogP contribution in [-0.4, -0.2) is 5.88 Å². The predicted octanol–water partition coefficient (Wildman–Crippen LogP) is 6.77. The lowest BCUT2D eigenvalue weighted by Gasteiger charge is -2.14. The molecule has 0 atom stereocenters. The number of hydrogen-bond acceptors (Lipinski definition) is 1. The van der Waals surface area contributed by atoms with E-state index in [2.05, 4.69) is 0 Å². The van der Waals surface area contributed by atoms with Gasteiger partial charge in [0.25, 0.3) is 0 Å². The highest BCUT2D eigenvalue weighted by molar-refractivity contribution is 6.19. The third-order valence-corrected chi connectivity index (χ3v) is 3.25. The molecule has 0 aromatic heterocycles. The second-order valence-electron chi connectivity index (χ2n) is 4.97. The SMILES string of the molecule is FC(F)(F)c1cc(Oc2ccc(C=CCCl)cc2)cc(C(F)(F)F)c1. The number of allylic oxidation sites excluding steroid dienone is 1. The highest BCUT2D eigenvalue weighted by atomic mass is 35.5. The van der Waals surface area contributed by atoms with Crippen LogP contribution in [0.2, 0.25) is 0 Å². The number of ether oxygens (including phenoxy) is 1. The molecule has 0 radical (unpaired) electrons. The molecule has 1 nitrogen and oxygen atoms in total. The van der Waals surface area contributed by atoms with Crippen molar-refractivity contribution in [3.8, 4) is 11.5 Å². The molecule has 0 aliphatic rings. The molecule has 8 heteroatoms. The first-order valence-corrected chi connectivity index (χ1v) is 7.43. The van der Waals surface area contributed by atoms with Gasteiger partial charge < -0.3 is 4.74 Å². The van der Waals surface area contributed by atoms with Crippen LogP contribution in [0.25, 0.3) is 6.08 Å². The summed E-state index contributed by atoms with van der Waals surface area (Å²) in [7, 11) is 0. The zero-order valence-electron chi connectivity index (χ0n) is 12.5. The lowest BCUT2D eigenvalue weighted by atomic mass is 10.1. The first-order valence-electron chi connectivity index (χ1n) is 6.89. The zero-order valence-corrected chi connectivity index (χ0v) is 13.2. The molecule has 2 aromatic carbocycles. The van der Waals surface area contributed by atoms with Gasteiger partial charge in [-0.1, -0.05) is 24.3 Å². The molecule has 2 aromatic rings. The third-order valence-electron chi connectivity index (χ3n) is 3.08. The summed E-state index contributed by atoms with van der Waals surface area (Å²) in [5, 5.41) is 0. The van der Waals surface area contributed by atoms with Gasteiger partial charge in [-0.05, 0) is 35.9 Å². The van der Waals surface area contributed by atoms with Gasteiger partial charge in [-0.3, -0.25) is 0 Å². The summed E-state index contributed by atoms with van der Waals surface area (Å²) in [6.07, 6.45) is -6.45. The van der Waals surface area contributed by atoms with Gasteiger partial charge in [0.1, 0.15) is 11.5 Å². The second-order valence-corrected chi connectivity index (χ2v) is 5.28. The zero-order chi connectivity index (χ0) is 18.7. The van der Waals surface area contributed by atoms with Gasteiger partial charge in [-0.2, -0.15) is 26.3 Å². The highest BCUT2D eigenvalue weighted by Gasteiger charge is 2.37. The van der Waals surface area contributed by atoms with E-state index in [9.17, 15) is 26.3 Å². The highest BCUT2D eigenvalue weighted by Crippen LogP contribution is 2.39. The maximum atomic E-state index is 12.8. The fourth-order valence-corrected chi connectivity index (χ4v) is 2.04. The van der Waals surface area contributed by atoms with Crippen LogP contribution < -0.4 is 4.74 Å². The van der Waals surface area contributed by atoms with E-state index in [1.165, 1.54) is 12.1 Å². The molecular weight excluding hydrogens is 370 g/mol. The van der Waals surface area contributed by atoms with Crippen LogP contribution in [0.4, 0.5) is 26.3 Å². The summed E-state index contributed by atoms with van der Waals surface area (Å²) in [5.74, 6) is -0.135. The summed E-state index contributed by atoms with van der Waals surface area (Å²) in [4.78, 5) is 0. The van der Waals surface area contributed by atoms with E-state index in [1.54, 1.807) is 24.3 Å². The Kier molecular flexibility index (Phi) is 5.67. The van der Waals surface area contributed by atoms with Crippen molar-refractivity contribution in [3.05, 3.63) is 65.2 Å². The van der Waals surface area contributed by atoms with Gasteiger partial charge in [0.05, 0.1) is 11.1 Å². The van der Waals surface area contributed by atoms with Gasteiger partial charge >= 0.3 is 12.4 Å². The lowest BCUT2D eigenvalue weighted by molar-refractivity contribution is -0.143. The van der Waals surface area contributed by atoms with Crippen molar-refractivity contribution >= 4 is 17.7 Å². The van der Waals surface area contributed by atoms with Gasteiger partial charge in [0, 0.05) is 5.88 Å². The van der Waals surface area contributed by atoms with Crippen molar-refractivity contribution in [3.63, 3.8) is 0 Å². The fraction of sp³-hybridized carbons (Fsp3) is 0.176. The molecule has 134 valence electrons. The van der Waals surface area contributed by atoms with Crippen LogP contribution in [0.15, 0.2) is 48.5 Å². The molecule has 0 unspecified atom stereocenters. The van der Waals surface area contributed by atoms with Gasteiger partial charge in [-0.25, -0.2) is 0 Å². The Morgan fingerprint density at radius 1 is 0.800 bits per heavy atom. The van der Waals surface area contributed by atoms with Crippen LogP contribution in [-0.2, 0) is 12.4 Å². The molecule has 0 aliphatic carbocycles. The summed E-state index contributed by atoms with van der Waals surface area (Å²) >= 11 is 5.50. The monoisotopic (exact) mass is 380 g/mol. The molecule has 25 heavy (non-hydrogen) atoms. The van der Waals surface area contributed by atoms with Crippen molar-refractivity contribution < 1.29 is 31.1 Å². The number of alkyl halides is 7. The first-order chi connectivity index (χ1) is 11.6. The van der Waals surface area contributed by atoms with Crippen molar-refractivity contribution in [2.45, 2.75) is 12.4 Å². The van der Waals surface area contributed by atoms with Crippen LogP contribution in [0.1, 0.15) is 16.7 Å². The average Bonchev–Trinajstić information content (AvgIpc) is 2.52. The molecule has 0 N–H and O–H groups in total. The summed E-state index contributed by atoms with van der Waals surface area (Å²) < 4.78 is 82.0. The normalized spacial score (nSPS) is 12.6. The maximum absolute atomic E-state index is 12.8. The van der Waals surface area contributed by atoms with Crippen molar-refractivity contribution in [2.75, 3.05) is 5.88 Å². The Bertz CT molecular complexity index is 715. The van der Waals surface area contributed by atoms with Gasteiger partial charge in [0.2, 0.25) is 0 Å². The Morgan fingerprint density at radius 3 is 1.76 bits per heavy atom. The average molecular weight is 381 g/mol. The minimum absolute atomic E-state index is 0.0485. The van der Waals surface area contributed by atoms with E-state index in [0.29, 0.717) is 18.0 Å². The Hall–Kier alpha value is -2.15. The standard InChI is InChI=1S/C17H11ClF6O/c18-7-1-2-11-3-5-14(6-4-11)25-15-9-12(16(19,20)21)8-13(10-15)17(22,23)24/h1-6,8-10H,7H2. The molecular formula is C17H11ClF6O. The number of benzene rings is 2. The molecule has 2 rings (SSSR count). The number of halogens is 7. The molecule has 0 saturated carbocycles. The van der Waals surface area contributed by atoms with Crippen LogP contribution in [0.3, 0.4) is 0 Å². The van der Waals surface area contributed by atoms with Crippen LogP contribution >= 0.6 is 11.6 Å². The lowest BCUT2D eigenvalue weighted by Crippen LogP contribution is -2.11. The van der Waals surface area contributed by atoms with Crippen LogP contribution in [0, 0.1) is 0 Å². The Balaban J connectivity index is 2.33. The molecule has 0 bridgehead atoms. The van der Waals surface area contributed by atoms with E-state index >= 15 is 0 Å². The summed E-state index contributed by atoms with van der Waals surface area (Å²) in [6.45, 7) is 0. The smallest absolute Gasteiger partial charge is 0.416 e. The van der Waals surface area contributed by atoms with E-state index < -0.39 is 29.2 Å². The summed E-state index contributed by atoms with van der Waals surface area (Å²) in [5.41, 5.74) is -2.11. The molecule has 0 saturated heterocycles. The Labute approximate surface area is 144 Å². The Morgan fingerprint density at radius 2 is 1.32 bits per heavy atom. The van der Waals surface area contributed by atoms with E-state index in [0.717, 1.165) is 5.56 Å². The van der Waals surface area contributed by atoms with Gasteiger partial charge in [0.15, 0.2) is 0 Å². The molecule has 0 aliphatic heterocycles. The number of hydrogen-bond donors (Lipinski definition) is 0. The quantitative estimate of drug-likeness (QED) is 0.420. The number of rotatable bonds is 4. The topological polar surface area (TPSA) is 9.23 Å². The summed E-state index contributed by atoms with van der Waals surface area (Å²) in [6, 6.07) is 7.15.